The summed E-state index contributed by atoms with van der Waals surface area (Å²) in [5.41, 5.74) is 4.65. The Morgan fingerprint density at radius 2 is 1.56 bits per heavy atom. The van der Waals surface area contributed by atoms with Crippen molar-refractivity contribution in [2.75, 3.05) is 7.05 Å². The van der Waals surface area contributed by atoms with Crippen molar-refractivity contribution in [2.24, 2.45) is 11.1 Å². The van der Waals surface area contributed by atoms with E-state index in [1.54, 1.807) is 0 Å². The summed E-state index contributed by atoms with van der Waals surface area (Å²) in [6.45, 7) is 11.9. The van der Waals surface area contributed by atoms with Crippen molar-refractivity contribution in [2.45, 2.75) is 66.0 Å². The van der Waals surface area contributed by atoms with Crippen molar-refractivity contribution in [3.63, 3.8) is 0 Å². The number of hydrogen-bond donors (Lipinski definition) is 1. The Bertz CT molecular complexity index is 311. The SMILES string of the molecule is CN([C@@H](CCC(N)=O)C(=O)C(C)(C)C)C(C)(C)C. The number of carbonyl (C=O) groups is 2. The Morgan fingerprint density at radius 1 is 1.11 bits per heavy atom. The maximum absolute atomic E-state index is 12.5. The van der Waals surface area contributed by atoms with Crippen LogP contribution in [0.25, 0.3) is 0 Å². The lowest BCUT2D eigenvalue weighted by Gasteiger charge is -2.40. The predicted octanol–water partition coefficient (Wildman–Crippen LogP) is 1.97. The molecule has 0 spiro atoms. The van der Waals surface area contributed by atoms with Crippen LogP contribution in [0.5, 0.6) is 0 Å². The third kappa shape index (κ3) is 5.17. The van der Waals surface area contributed by atoms with E-state index >= 15 is 0 Å². The fourth-order valence-electron chi connectivity index (χ4n) is 1.75. The minimum atomic E-state index is -0.415. The highest BCUT2D eigenvalue weighted by Crippen LogP contribution is 2.25. The molecular weight excluding hydrogens is 228 g/mol. The molecule has 0 unspecified atom stereocenters. The minimum Gasteiger partial charge on any atom is -0.370 e. The molecule has 0 saturated heterocycles. The highest BCUT2D eigenvalue weighted by Gasteiger charge is 2.36. The van der Waals surface area contributed by atoms with Crippen LogP contribution in [0, 0.1) is 5.41 Å². The average molecular weight is 256 g/mol. The first-order valence-electron chi connectivity index (χ1n) is 6.43. The number of amides is 1. The van der Waals surface area contributed by atoms with Crippen molar-refractivity contribution in [1.29, 1.82) is 0 Å². The molecule has 2 N–H and O–H groups in total. The van der Waals surface area contributed by atoms with E-state index in [1.807, 2.05) is 32.7 Å². The molecule has 0 radical (unpaired) electrons. The second-order valence-corrected chi connectivity index (χ2v) is 6.92. The summed E-state index contributed by atoms with van der Waals surface area (Å²) in [7, 11) is 1.93. The summed E-state index contributed by atoms with van der Waals surface area (Å²) in [6, 6.07) is -0.266. The van der Waals surface area contributed by atoms with Crippen LogP contribution in [0.15, 0.2) is 0 Å². The van der Waals surface area contributed by atoms with E-state index in [1.165, 1.54) is 0 Å². The zero-order valence-corrected chi connectivity index (χ0v) is 12.8. The largest absolute Gasteiger partial charge is 0.370 e. The lowest BCUT2D eigenvalue weighted by molar-refractivity contribution is -0.133. The smallest absolute Gasteiger partial charge is 0.217 e. The zero-order chi connectivity index (χ0) is 14.7. The topological polar surface area (TPSA) is 63.4 Å². The van der Waals surface area contributed by atoms with Gasteiger partial charge in [0.05, 0.1) is 6.04 Å². The van der Waals surface area contributed by atoms with Gasteiger partial charge in [0.2, 0.25) is 5.91 Å². The molecule has 0 fully saturated rings. The summed E-state index contributed by atoms with van der Waals surface area (Å²) in [6.07, 6.45) is 0.728. The molecule has 1 atom stereocenters. The third-order valence-electron chi connectivity index (χ3n) is 3.23. The van der Waals surface area contributed by atoms with Gasteiger partial charge in [0, 0.05) is 17.4 Å². The lowest BCUT2D eigenvalue weighted by Crippen LogP contribution is -2.52. The first-order chi connectivity index (χ1) is 7.87. The number of Topliss-reactive ketones (excluding diaryl/α,β-unsaturated/α-hetero) is 1. The van der Waals surface area contributed by atoms with Gasteiger partial charge < -0.3 is 5.73 Å². The molecule has 0 aliphatic rings. The normalized spacial score (nSPS) is 14.7. The fourth-order valence-corrected chi connectivity index (χ4v) is 1.75. The number of nitrogens with zero attached hydrogens (tertiary/aromatic N) is 1. The molecule has 0 aliphatic heterocycles. The van der Waals surface area contributed by atoms with Crippen LogP contribution in [0.2, 0.25) is 0 Å². The van der Waals surface area contributed by atoms with E-state index in [0.29, 0.717) is 6.42 Å². The van der Waals surface area contributed by atoms with E-state index in [2.05, 4.69) is 20.8 Å². The molecule has 0 heterocycles. The molecule has 0 aromatic heterocycles. The van der Waals surface area contributed by atoms with Crippen LogP contribution in [0.1, 0.15) is 54.4 Å². The van der Waals surface area contributed by atoms with Gasteiger partial charge >= 0.3 is 0 Å². The summed E-state index contributed by atoms with van der Waals surface area (Å²) in [5, 5.41) is 0. The van der Waals surface area contributed by atoms with Gasteiger partial charge in [-0.05, 0) is 34.2 Å². The number of nitrogens with two attached hydrogens (primary N) is 1. The summed E-state index contributed by atoms with van der Waals surface area (Å²) in [5.74, 6) is -0.204. The molecule has 4 nitrogen and oxygen atoms in total. The molecule has 18 heavy (non-hydrogen) atoms. The molecule has 1 amide bonds. The van der Waals surface area contributed by atoms with E-state index in [9.17, 15) is 9.59 Å². The highest BCUT2D eigenvalue weighted by atomic mass is 16.1. The second-order valence-electron chi connectivity index (χ2n) is 6.92. The van der Waals surface area contributed by atoms with Crippen LogP contribution >= 0.6 is 0 Å². The Morgan fingerprint density at radius 3 is 1.83 bits per heavy atom. The number of ketones is 1. The third-order valence-corrected chi connectivity index (χ3v) is 3.23. The molecule has 106 valence electrons. The van der Waals surface area contributed by atoms with Gasteiger partial charge in [-0.25, -0.2) is 0 Å². The number of rotatable bonds is 5. The standard InChI is InChI=1S/C14H28N2O2/c1-13(2,3)12(18)10(8-9-11(15)17)16(7)14(4,5)6/h10H,8-9H2,1-7H3,(H2,15,17)/t10-/m0/s1. The van der Waals surface area contributed by atoms with E-state index in [-0.39, 0.29) is 29.7 Å². The van der Waals surface area contributed by atoms with Gasteiger partial charge in [-0.15, -0.1) is 0 Å². The van der Waals surface area contributed by atoms with Crippen LogP contribution in [0.3, 0.4) is 0 Å². The quantitative estimate of drug-likeness (QED) is 0.818. The van der Waals surface area contributed by atoms with Crippen LogP contribution in [-0.2, 0) is 9.59 Å². The van der Waals surface area contributed by atoms with Gasteiger partial charge in [-0.3, -0.25) is 14.5 Å². The van der Waals surface area contributed by atoms with Crippen LogP contribution < -0.4 is 5.73 Å². The number of hydrogen-bond acceptors (Lipinski definition) is 3. The van der Waals surface area contributed by atoms with E-state index in [4.69, 9.17) is 5.73 Å². The summed E-state index contributed by atoms with van der Waals surface area (Å²) < 4.78 is 0. The minimum absolute atomic E-state index is 0.122. The number of carbonyl (C=O) groups excluding carboxylic acids is 2. The summed E-state index contributed by atoms with van der Waals surface area (Å²) >= 11 is 0. The Kier molecular flexibility index (Phi) is 5.54. The van der Waals surface area contributed by atoms with Gasteiger partial charge in [-0.2, -0.15) is 0 Å². The predicted molar refractivity (Wildman–Crippen MR) is 74.2 cm³/mol. The van der Waals surface area contributed by atoms with Crippen molar-refractivity contribution in [1.82, 2.24) is 4.90 Å². The van der Waals surface area contributed by atoms with Crippen molar-refractivity contribution in [3.8, 4) is 0 Å². The second kappa shape index (κ2) is 5.83. The molecule has 4 heteroatoms. The zero-order valence-electron chi connectivity index (χ0n) is 12.8. The molecule has 0 aromatic carbocycles. The fraction of sp³-hybridized carbons (Fsp3) is 0.857. The molecular formula is C14H28N2O2. The Labute approximate surface area is 111 Å². The van der Waals surface area contributed by atoms with Crippen molar-refractivity contribution < 1.29 is 9.59 Å². The van der Waals surface area contributed by atoms with Crippen molar-refractivity contribution in [3.05, 3.63) is 0 Å². The average Bonchev–Trinajstić information content (AvgIpc) is 2.14. The van der Waals surface area contributed by atoms with Crippen LogP contribution in [0.4, 0.5) is 0 Å². The first-order valence-corrected chi connectivity index (χ1v) is 6.43. The van der Waals surface area contributed by atoms with Gasteiger partial charge in [-0.1, -0.05) is 20.8 Å². The number of likely N-dealkylation sites (N-methyl/N-ethyl adjacent to an activating group) is 1. The monoisotopic (exact) mass is 256 g/mol. The van der Waals surface area contributed by atoms with Gasteiger partial charge in [0.15, 0.2) is 5.78 Å². The van der Waals surface area contributed by atoms with E-state index in [0.717, 1.165) is 0 Å². The molecule has 0 saturated carbocycles. The molecule has 0 rings (SSSR count). The molecule has 0 aliphatic carbocycles. The highest BCUT2D eigenvalue weighted by molar-refractivity contribution is 5.89. The van der Waals surface area contributed by atoms with Crippen molar-refractivity contribution >= 4 is 11.7 Å². The Balaban J connectivity index is 5.06. The number of primary amides is 1. The molecule has 0 bridgehead atoms. The maximum Gasteiger partial charge on any atom is 0.217 e. The van der Waals surface area contributed by atoms with Crippen LogP contribution in [-0.4, -0.2) is 35.2 Å². The maximum atomic E-state index is 12.5. The lowest BCUT2D eigenvalue weighted by atomic mass is 9.83. The van der Waals surface area contributed by atoms with Gasteiger partial charge in [0.1, 0.15) is 0 Å². The van der Waals surface area contributed by atoms with Gasteiger partial charge in [0.25, 0.3) is 0 Å². The summed E-state index contributed by atoms with van der Waals surface area (Å²) in [4.78, 5) is 25.4. The Hall–Kier alpha value is -0.900. The van der Waals surface area contributed by atoms with E-state index < -0.39 is 5.41 Å². The molecule has 0 aromatic rings. The first kappa shape index (κ1) is 17.1.